The maximum absolute atomic E-state index is 13.5. The number of nitrogens with zero attached hydrogens (tertiary/aromatic N) is 1. The number of amides is 1. The van der Waals surface area contributed by atoms with Gasteiger partial charge in [0, 0.05) is 5.56 Å². The van der Waals surface area contributed by atoms with Gasteiger partial charge in [-0.3, -0.25) is 10.1 Å². The van der Waals surface area contributed by atoms with Crippen LogP contribution in [-0.2, 0) is 17.6 Å². The molecule has 1 aromatic carbocycles. The molecule has 0 saturated heterocycles. The number of carbonyl (C=O) groups is 1. The van der Waals surface area contributed by atoms with Crippen LogP contribution in [-0.4, -0.2) is 17.2 Å². The Bertz CT molecular complexity index is 684. The van der Waals surface area contributed by atoms with Gasteiger partial charge in [0.25, 0.3) is 5.91 Å². The van der Waals surface area contributed by atoms with E-state index >= 15 is 0 Å². The Balaban J connectivity index is 1.67. The molecular formula is C16H17FN2O3. The van der Waals surface area contributed by atoms with Crippen molar-refractivity contribution < 1.29 is 18.4 Å². The number of nitrogens with one attached hydrogen (secondary N) is 1. The molecule has 0 fully saturated rings. The summed E-state index contributed by atoms with van der Waals surface area (Å²) in [5, 5.41) is 6.65. The molecule has 22 heavy (non-hydrogen) atoms. The van der Waals surface area contributed by atoms with E-state index in [1.54, 1.807) is 19.1 Å². The molecule has 1 aliphatic rings. The van der Waals surface area contributed by atoms with Crippen LogP contribution in [0.15, 0.2) is 28.8 Å². The third-order valence-corrected chi connectivity index (χ3v) is 3.71. The van der Waals surface area contributed by atoms with Crippen LogP contribution in [0.3, 0.4) is 0 Å². The molecule has 1 atom stereocenters. The number of hydrogen-bond acceptors (Lipinski definition) is 4. The Morgan fingerprint density at radius 2 is 2.14 bits per heavy atom. The summed E-state index contributed by atoms with van der Waals surface area (Å²) in [7, 11) is 0. The van der Waals surface area contributed by atoms with Gasteiger partial charge in [-0.2, -0.15) is 0 Å². The summed E-state index contributed by atoms with van der Waals surface area (Å²) >= 11 is 0. The minimum Gasteiger partial charge on any atom is -0.478 e. The van der Waals surface area contributed by atoms with E-state index in [-0.39, 0.29) is 5.75 Å². The minimum atomic E-state index is -0.846. The predicted molar refractivity (Wildman–Crippen MR) is 78.3 cm³/mol. The van der Waals surface area contributed by atoms with Crippen molar-refractivity contribution in [2.45, 2.75) is 38.7 Å². The van der Waals surface area contributed by atoms with Crippen molar-refractivity contribution in [3.8, 4) is 5.75 Å². The van der Waals surface area contributed by atoms with Crippen LogP contribution < -0.4 is 10.1 Å². The van der Waals surface area contributed by atoms with Gasteiger partial charge < -0.3 is 9.26 Å². The Hall–Kier alpha value is -2.37. The van der Waals surface area contributed by atoms with Gasteiger partial charge in [-0.05, 0) is 44.7 Å². The number of anilines is 1. The van der Waals surface area contributed by atoms with Crippen LogP contribution >= 0.6 is 0 Å². The van der Waals surface area contributed by atoms with Crippen LogP contribution in [0, 0.1) is 5.82 Å². The second-order valence-electron chi connectivity index (χ2n) is 5.32. The number of benzene rings is 1. The lowest BCUT2D eigenvalue weighted by Gasteiger charge is -2.15. The zero-order valence-corrected chi connectivity index (χ0v) is 12.3. The van der Waals surface area contributed by atoms with Crippen molar-refractivity contribution in [2.75, 3.05) is 5.32 Å². The molecule has 0 radical (unpaired) electrons. The molecule has 5 nitrogen and oxygen atoms in total. The first-order valence-electron chi connectivity index (χ1n) is 7.34. The van der Waals surface area contributed by atoms with Crippen LogP contribution in [0.1, 0.15) is 31.0 Å². The zero-order valence-electron chi connectivity index (χ0n) is 12.3. The van der Waals surface area contributed by atoms with Gasteiger partial charge >= 0.3 is 0 Å². The molecule has 1 heterocycles. The predicted octanol–water partition coefficient (Wildman–Crippen LogP) is 3.10. The third-order valence-electron chi connectivity index (χ3n) is 3.71. The highest BCUT2D eigenvalue weighted by atomic mass is 19.1. The number of ether oxygens (including phenoxy) is 1. The Labute approximate surface area is 127 Å². The molecule has 0 saturated carbocycles. The Kier molecular flexibility index (Phi) is 4.09. The van der Waals surface area contributed by atoms with Crippen LogP contribution in [0.2, 0.25) is 0 Å². The summed E-state index contributed by atoms with van der Waals surface area (Å²) in [6.07, 6.45) is 3.01. The number of aryl methyl sites for hydroxylation is 1. The second-order valence-corrected chi connectivity index (χ2v) is 5.32. The van der Waals surface area contributed by atoms with Crippen LogP contribution in [0.25, 0.3) is 0 Å². The van der Waals surface area contributed by atoms with Crippen LogP contribution in [0.4, 0.5) is 10.3 Å². The van der Waals surface area contributed by atoms with Gasteiger partial charge in [0.05, 0.1) is 5.69 Å². The second kappa shape index (κ2) is 6.17. The van der Waals surface area contributed by atoms with Gasteiger partial charge in [-0.15, -0.1) is 0 Å². The molecule has 0 unspecified atom stereocenters. The first-order chi connectivity index (χ1) is 10.6. The highest BCUT2D eigenvalue weighted by Crippen LogP contribution is 2.27. The fraction of sp³-hybridized carbons (Fsp3) is 0.375. The molecule has 116 valence electrons. The van der Waals surface area contributed by atoms with Crippen molar-refractivity contribution in [2.24, 2.45) is 0 Å². The SMILES string of the molecule is C[C@H](Oc1ccccc1F)C(=O)Nc1onc2c1CCCC2. The molecule has 0 bridgehead atoms. The normalized spacial score (nSPS) is 15.0. The van der Waals surface area contributed by atoms with E-state index in [0.29, 0.717) is 5.88 Å². The quantitative estimate of drug-likeness (QED) is 0.942. The van der Waals surface area contributed by atoms with Crippen molar-refractivity contribution >= 4 is 11.8 Å². The largest absolute Gasteiger partial charge is 0.478 e. The van der Waals surface area contributed by atoms with Crippen molar-refractivity contribution in [3.63, 3.8) is 0 Å². The third kappa shape index (κ3) is 2.95. The maximum Gasteiger partial charge on any atom is 0.267 e. The van der Waals surface area contributed by atoms with Gasteiger partial charge in [0.2, 0.25) is 5.88 Å². The van der Waals surface area contributed by atoms with Crippen molar-refractivity contribution in [1.29, 1.82) is 0 Å². The standard InChI is InChI=1S/C16H17FN2O3/c1-10(21-14-9-5-3-7-12(14)17)15(20)18-16-11-6-2-4-8-13(11)19-22-16/h3,5,7,9-10H,2,4,6,8H2,1H3,(H,18,20)/t10-/m0/s1. The fourth-order valence-corrected chi connectivity index (χ4v) is 2.49. The van der Waals surface area contributed by atoms with E-state index in [0.717, 1.165) is 36.9 Å². The summed E-state index contributed by atoms with van der Waals surface area (Å²) < 4.78 is 24.1. The molecule has 1 amide bonds. The summed E-state index contributed by atoms with van der Waals surface area (Å²) in [5.74, 6) is -0.472. The van der Waals surface area contributed by atoms with Crippen LogP contribution in [0.5, 0.6) is 5.75 Å². The summed E-state index contributed by atoms with van der Waals surface area (Å²) in [4.78, 5) is 12.2. The first kappa shape index (κ1) is 14.6. The van der Waals surface area contributed by atoms with Gasteiger partial charge in [-0.1, -0.05) is 17.3 Å². The molecule has 1 aliphatic carbocycles. The monoisotopic (exact) mass is 304 g/mol. The van der Waals surface area contributed by atoms with E-state index in [4.69, 9.17) is 9.26 Å². The van der Waals surface area contributed by atoms with E-state index in [1.165, 1.54) is 12.1 Å². The average Bonchev–Trinajstić information content (AvgIpc) is 2.93. The zero-order chi connectivity index (χ0) is 15.5. The lowest BCUT2D eigenvalue weighted by molar-refractivity contribution is -0.122. The number of para-hydroxylation sites is 1. The molecule has 1 N–H and O–H groups in total. The van der Waals surface area contributed by atoms with E-state index in [2.05, 4.69) is 10.5 Å². The molecule has 0 aliphatic heterocycles. The van der Waals surface area contributed by atoms with Gasteiger partial charge in [-0.25, -0.2) is 4.39 Å². The Morgan fingerprint density at radius 1 is 1.36 bits per heavy atom. The summed E-state index contributed by atoms with van der Waals surface area (Å²) in [5.41, 5.74) is 1.86. The smallest absolute Gasteiger partial charge is 0.267 e. The lowest BCUT2D eigenvalue weighted by Crippen LogP contribution is -2.30. The molecule has 1 aromatic heterocycles. The van der Waals surface area contributed by atoms with Crippen molar-refractivity contribution in [1.82, 2.24) is 5.16 Å². The topological polar surface area (TPSA) is 64.4 Å². The van der Waals surface area contributed by atoms with Gasteiger partial charge in [0.1, 0.15) is 0 Å². The Morgan fingerprint density at radius 3 is 2.95 bits per heavy atom. The molecule has 6 heteroatoms. The summed E-state index contributed by atoms with van der Waals surface area (Å²) in [6.45, 7) is 1.56. The lowest BCUT2D eigenvalue weighted by atomic mass is 9.98. The number of aromatic nitrogens is 1. The number of fused-ring (bicyclic) bond motifs is 1. The molecular weight excluding hydrogens is 287 g/mol. The molecule has 2 aromatic rings. The number of halogens is 1. The first-order valence-corrected chi connectivity index (χ1v) is 7.34. The molecule has 3 rings (SSSR count). The fourth-order valence-electron chi connectivity index (χ4n) is 2.49. The minimum absolute atomic E-state index is 0.0461. The van der Waals surface area contributed by atoms with E-state index < -0.39 is 17.8 Å². The molecule has 0 spiro atoms. The highest BCUT2D eigenvalue weighted by molar-refractivity contribution is 5.93. The van der Waals surface area contributed by atoms with Crippen molar-refractivity contribution in [3.05, 3.63) is 41.3 Å². The highest BCUT2D eigenvalue weighted by Gasteiger charge is 2.23. The van der Waals surface area contributed by atoms with Gasteiger partial charge in [0.15, 0.2) is 17.7 Å². The number of carbonyl (C=O) groups excluding carboxylic acids is 1. The van der Waals surface area contributed by atoms with E-state index in [1.807, 2.05) is 0 Å². The summed E-state index contributed by atoms with van der Waals surface area (Å²) in [6, 6.07) is 5.98. The number of rotatable bonds is 4. The maximum atomic E-state index is 13.5. The average molecular weight is 304 g/mol. The van der Waals surface area contributed by atoms with E-state index in [9.17, 15) is 9.18 Å². The number of hydrogen-bond donors (Lipinski definition) is 1.